The number of nitrogens with one attached hydrogen (secondary N) is 1. The third-order valence-corrected chi connectivity index (χ3v) is 3.59. The highest BCUT2D eigenvalue weighted by atomic mass is 16.5. The molecule has 0 bridgehead atoms. The third kappa shape index (κ3) is 2.41. The van der Waals surface area contributed by atoms with E-state index in [4.69, 9.17) is 4.74 Å². The Morgan fingerprint density at radius 3 is 3.15 bits per heavy atom. The van der Waals surface area contributed by atoms with Crippen LogP contribution < -0.4 is 10.1 Å². The molecule has 1 aromatic heterocycles. The summed E-state index contributed by atoms with van der Waals surface area (Å²) in [5.41, 5.74) is 3.37. The van der Waals surface area contributed by atoms with E-state index in [0.29, 0.717) is 18.2 Å². The van der Waals surface area contributed by atoms with Gasteiger partial charge in [-0.15, -0.1) is 0 Å². The van der Waals surface area contributed by atoms with E-state index < -0.39 is 0 Å². The van der Waals surface area contributed by atoms with Crippen molar-refractivity contribution in [2.75, 3.05) is 11.9 Å². The Balaban J connectivity index is 1.84. The number of phenols is 1. The van der Waals surface area contributed by atoms with Gasteiger partial charge in [0.15, 0.2) is 0 Å². The van der Waals surface area contributed by atoms with Crippen molar-refractivity contribution in [3.8, 4) is 11.6 Å². The topological polar surface area (TPSA) is 54.4 Å². The van der Waals surface area contributed by atoms with Crippen LogP contribution in [0.25, 0.3) is 0 Å². The van der Waals surface area contributed by atoms with Crippen molar-refractivity contribution in [1.29, 1.82) is 0 Å². The number of aromatic nitrogens is 1. The molecule has 0 saturated carbocycles. The number of nitrogens with zero attached hydrogens (tertiary/aromatic N) is 1. The van der Waals surface area contributed by atoms with E-state index in [-0.39, 0.29) is 6.04 Å². The summed E-state index contributed by atoms with van der Waals surface area (Å²) in [6, 6.07) is 9.71. The van der Waals surface area contributed by atoms with Gasteiger partial charge in [-0.1, -0.05) is 6.07 Å². The number of fused-ring (bicyclic) bond motifs is 1. The van der Waals surface area contributed by atoms with Gasteiger partial charge in [-0.25, -0.2) is 4.98 Å². The van der Waals surface area contributed by atoms with Crippen LogP contribution in [0.15, 0.2) is 36.5 Å². The maximum atomic E-state index is 9.54. The van der Waals surface area contributed by atoms with Crippen molar-refractivity contribution < 1.29 is 9.84 Å². The lowest BCUT2D eigenvalue weighted by atomic mass is 10.1. The Morgan fingerprint density at radius 1 is 1.40 bits per heavy atom. The maximum Gasteiger partial charge on any atom is 0.237 e. The van der Waals surface area contributed by atoms with E-state index in [9.17, 15) is 5.11 Å². The molecule has 0 saturated heterocycles. The molecule has 20 heavy (non-hydrogen) atoms. The number of hydrogen-bond acceptors (Lipinski definition) is 4. The zero-order valence-corrected chi connectivity index (χ0v) is 11.5. The van der Waals surface area contributed by atoms with Crippen LogP contribution in [-0.2, 0) is 6.42 Å². The molecule has 2 aromatic rings. The molecule has 4 nitrogen and oxygen atoms in total. The summed E-state index contributed by atoms with van der Waals surface area (Å²) >= 11 is 0. The molecule has 0 fully saturated rings. The highest BCUT2D eigenvalue weighted by Gasteiger charge is 2.23. The second-order valence-corrected chi connectivity index (χ2v) is 4.91. The molecule has 0 aliphatic heterocycles. The van der Waals surface area contributed by atoms with Crippen LogP contribution in [-0.4, -0.2) is 16.7 Å². The van der Waals surface area contributed by atoms with Crippen LogP contribution in [0.1, 0.15) is 30.5 Å². The predicted molar refractivity (Wildman–Crippen MR) is 78.2 cm³/mol. The molecule has 104 valence electrons. The molecule has 1 unspecified atom stereocenters. The second-order valence-electron chi connectivity index (χ2n) is 4.91. The lowest BCUT2D eigenvalue weighted by molar-refractivity contribution is 0.328. The van der Waals surface area contributed by atoms with Gasteiger partial charge in [-0.2, -0.15) is 0 Å². The smallest absolute Gasteiger partial charge is 0.237 e. The zero-order chi connectivity index (χ0) is 13.9. The summed E-state index contributed by atoms with van der Waals surface area (Å²) in [5.74, 6) is 0.975. The van der Waals surface area contributed by atoms with E-state index in [0.717, 1.165) is 18.5 Å². The first kappa shape index (κ1) is 12.8. The minimum Gasteiger partial charge on any atom is -0.508 e. The van der Waals surface area contributed by atoms with Gasteiger partial charge < -0.3 is 15.2 Å². The lowest BCUT2D eigenvalue weighted by Crippen LogP contribution is -2.09. The van der Waals surface area contributed by atoms with Gasteiger partial charge in [0, 0.05) is 6.20 Å². The molecule has 1 atom stereocenters. The van der Waals surface area contributed by atoms with Crippen LogP contribution in [0.3, 0.4) is 0 Å². The van der Waals surface area contributed by atoms with Gasteiger partial charge in [-0.3, -0.25) is 0 Å². The molecule has 0 spiro atoms. The number of anilines is 1. The van der Waals surface area contributed by atoms with Crippen molar-refractivity contribution in [3.05, 3.63) is 47.7 Å². The van der Waals surface area contributed by atoms with Crippen molar-refractivity contribution in [1.82, 2.24) is 4.98 Å². The highest BCUT2D eigenvalue weighted by molar-refractivity contribution is 5.55. The largest absolute Gasteiger partial charge is 0.508 e. The van der Waals surface area contributed by atoms with E-state index in [2.05, 4.69) is 10.3 Å². The van der Waals surface area contributed by atoms with Gasteiger partial charge in [0.1, 0.15) is 5.75 Å². The Hall–Kier alpha value is -2.23. The molecule has 0 amide bonds. The van der Waals surface area contributed by atoms with Crippen LogP contribution >= 0.6 is 0 Å². The van der Waals surface area contributed by atoms with Crippen molar-refractivity contribution in [2.45, 2.75) is 25.8 Å². The first-order valence-electron chi connectivity index (χ1n) is 6.94. The molecule has 1 aromatic carbocycles. The van der Waals surface area contributed by atoms with Crippen molar-refractivity contribution in [2.24, 2.45) is 0 Å². The minimum absolute atomic E-state index is 0.244. The van der Waals surface area contributed by atoms with Crippen molar-refractivity contribution >= 4 is 5.69 Å². The summed E-state index contributed by atoms with van der Waals surface area (Å²) in [6.45, 7) is 2.55. The monoisotopic (exact) mass is 270 g/mol. The van der Waals surface area contributed by atoms with Gasteiger partial charge in [0.05, 0.1) is 18.3 Å². The van der Waals surface area contributed by atoms with Crippen LogP contribution in [0, 0.1) is 0 Å². The first-order chi connectivity index (χ1) is 9.78. The number of rotatable bonds is 4. The number of aryl methyl sites for hydroxylation is 1. The molecule has 0 radical (unpaired) electrons. The molecular formula is C16H18N2O2. The summed E-state index contributed by atoms with van der Waals surface area (Å²) in [6.07, 6.45) is 3.72. The number of pyridine rings is 1. The van der Waals surface area contributed by atoms with E-state index >= 15 is 0 Å². The quantitative estimate of drug-likeness (QED) is 0.895. The van der Waals surface area contributed by atoms with E-state index in [1.165, 1.54) is 11.1 Å². The molecule has 2 N–H and O–H groups in total. The lowest BCUT2D eigenvalue weighted by Gasteiger charge is -2.17. The van der Waals surface area contributed by atoms with Gasteiger partial charge in [-0.05, 0) is 55.2 Å². The summed E-state index contributed by atoms with van der Waals surface area (Å²) in [5, 5.41) is 13.0. The van der Waals surface area contributed by atoms with Crippen molar-refractivity contribution in [3.63, 3.8) is 0 Å². The summed E-state index contributed by atoms with van der Waals surface area (Å²) < 4.78 is 5.54. The third-order valence-electron chi connectivity index (χ3n) is 3.59. The summed E-state index contributed by atoms with van der Waals surface area (Å²) in [7, 11) is 0. The Kier molecular flexibility index (Phi) is 3.46. The fraction of sp³-hybridized carbons (Fsp3) is 0.312. The highest BCUT2D eigenvalue weighted by Crippen LogP contribution is 2.37. The second kappa shape index (κ2) is 5.41. The number of ether oxygens (including phenoxy) is 1. The minimum atomic E-state index is 0.244. The normalized spacial score (nSPS) is 16.8. The standard InChI is InChI=1S/C16H18N2O2/c1-2-20-16-15(4-3-9-17-16)18-14-8-5-11-10-12(19)6-7-13(11)14/h3-4,6-7,9-10,14,18-19H,2,5,8H2,1H3. The van der Waals surface area contributed by atoms with Crippen LogP contribution in [0.5, 0.6) is 11.6 Å². The van der Waals surface area contributed by atoms with Crippen LogP contribution in [0.4, 0.5) is 5.69 Å². The van der Waals surface area contributed by atoms with E-state index in [1.807, 2.05) is 31.2 Å². The maximum absolute atomic E-state index is 9.54. The van der Waals surface area contributed by atoms with E-state index in [1.54, 1.807) is 12.3 Å². The summed E-state index contributed by atoms with van der Waals surface area (Å²) in [4.78, 5) is 4.26. The van der Waals surface area contributed by atoms with Gasteiger partial charge in [0.25, 0.3) is 0 Å². The number of phenolic OH excluding ortho intramolecular Hbond substituents is 1. The van der Waals surface area contributed by atoms with Crippen LogP contribution in [0.2, 0.25) is 0 Å². The number of aromatic hydroxyl groups is 1. The average Bonchev–Trinajstić information content (AvgIpc) is 2.83. The molecule has 1 heterocycles. The molecule has 3 rings (SSSR count). The Morgan fingerprint density at radius 2 is 2.30 bits per heavy atom. The average molecular weight is 270 g/mol. The van der Waals surface area contributed by atoms with Gasteiger partial charge >= 0.3 is 0 Å². The Labute approximate surface area is 118 Å². The predicted octanol–water partition coefficient (Wildman–Crippen LogP) is 3.29. The van der Waals surface area contributed by atoms with Gasteiger partial charge in [0.2, 0.25) is 5.88 Å². The molecule has 4 heteroatoms. The Bertz CT molecular complexity index is 613. The fourth-order valence-electron chi connectivity index (χ4n) is 2.69. The first-order valence-corrected chi connectivity index (χ1v) is 6.94. The number of hydrogen-bond donors (Lipinski definition) is 2. The zero-order valence-electron chi connectivity index (χ0n) is 11.5. The SMILES string of the molecule is CCOc1ncccc1NC1CCc2cc(O)ccc21. The molecular weight excluding hydrogens is 252 g/mol. The number of benzene rings is 1. The molecule has 1 aliphatic rings. The fourth-order valence-corrected chi connectivity index (χ4v) is 2.69. The molecule has 1 aliphatic carbocycles.